The molecule has 0 fully saturated rings. The number of benzene rings is 2. The Hall–Kier alpha value is -3.09. The Kier molecular flexibility index (Phi) is 8.09. The molecule has 2 aromatic carbocycles. The summed E-state index contributed by atoms with van der Waals surface area (Å²) in [7, 11) is 0. The van der Waals surface area contributed by atoms with E-state index in [0.717, 1.165) is 17.7 Å². The number of nitrogens with two attached hydrogens (primary N) is 1. The van der Waals surface area contributed by atoms with Gasteiger partial charge in [-0.1, -0.05) is 24.3 Å². The summed E-state index contributed by atoms with van der Waals surface area (Å²) in [5.41, 5.74) is 6.96. The van der Waals surface area contributed by atoms with Crippen LogP contribution in [0.2, 0.25) is 0 Å². The average molecular weight is 372 g/mol. The van der Waals surface area contributed by atoms with E-state index in [1.54, 1.807) is 12.1 Å². The number of carbonyl (C=O) groups excluding carboxylic acids is 1. The fourth-order valence-electron chi connectivity index (χ4n) is 2.42. The van der Waals surface area contributed by atoms with Crippen molar-refractivity contribution in [2.75, 3.05) is 19.7 Å². The van der Waals surface area contributed by atoms with E-state index in [2.05, 4.69) is 15.6 Å². The van der Waals surface area contributed by atoms with Gasteiger partial charge in [0.15, 0.2) is 12.6 Å². The van der Waals surface area contributed by atoms with E-state index in [0.29, 0.717) is 31.2 Å². The Morgan fingerprint density at radius 3 is 2.67 bits per heavy atom. The molecule has 144 valence electrons. The third kappa shape index (κ3) is 7.77. The predicted molar refractivity (Wildman–Crippen MR) is 104 cm³/mol. The minimum atomic E-state index is -0.518. The summed E-state index contributed by atoms with van der Waals surface area (Å²) in [6, 6.07) is 13.9. The normalized spacial score (nSPS) is 11.1. The minimum Gasteiger partial charge on any atom is -0.484 e. The summed E-state index contributed by atoms with van der Waals surface area (Å²) in [4.78, 5) is 15.3. The first kappa shape index (κ1) is 20.2. The zero-order chi connectivity index (χ0) is 19.5. The molecule has 0 aliphatic carbocycles. The number of aliphatic imine (C=N–C) groups is 1. The number of halogens is 1. The number of nitrogens with one attached hydrogen (secondary N) is 2. The van der Waals surface area contributed by atoms with Gasteiger partial charge in [-0.05, 0) is 48.7 Å². The third-order valence-corrected chi connectivity index (χ3v) is 3.64. The molecular formula is C20H25FN4O2. The summed E-state index contributed by atoms with van der Waals surface area (Å²) in [6.07, 6.45) is 0.693. The molecule has 1 amide bonds. The lowest BCUT2D eigenvalue weighted by atomic mass is 10.1. The molecule has 0 unspecified atom stereocenters. The summed E-state index contributed by atoms with van der Waals surface area (Å²) >= 11 is 0. The lowest BCUT2D eigenvalue weighted by molar-refractivity contribution is -0.119. The smallest absolute Gasteiger partial charge is 0.255 e. The molecule has 0 bridgehead atoms. The Bertz CT molecular complexity index is 780. The fourth-order valence-corrected chi connectivity index (χ4v) is 2.42. The SMILES string of the molecule is CCNC(=NCc1cccc(OCC(N)=O)c1)NCCc1cccc(F)c1. The van der Waals surface area contributed by atoms with Crippen LogP contribution in [0.5, 0.6) is 5.75 Å². The first-order chi connectivity index (χ1) is 13.1. The van der Waals surface area contributed by atoms with Gasteiger partial charge in [0.1, 0.15) is 11.6 Å². The van der Waals surface area contributed by atoms with E-state index in [-0.39, 0.29) is 12.4 Å². The second-order valence-electron chi connectivity index (χ2n) is 5.90. The lowest BCUT2D eigenvalue weighted by Crippen LogP contribution is -2.38. The second-order valence-corrected chi connectivity index (χ2v) is 5.90. The van der Waals surface area contributed by atoms with E-state index >= 15 is 0 Å². The topological polar surface area (TPSA) is 88.7 Å². The molecule has 0 spiro atoms. The number of amides is 1. The standard InChI is InChI=1S/C20H25FN4O2/c1-2-23-20(24-10-9-15-5-3-7-17(21)11-15)25-13-16-6-4-8-18(12-16)27-14-19(22)26/h3-8,11-12H,2,9-10,13-14H2,1H3,(H2,22,26)(H2,23,24,25). The maximum absolute atomic E-state index is 13.2. The predicted octanol–water partition coefficient (Wildman–Crippen LogP) is 1.99. The van der Waals surface area contributed by atoms with Crippen LogP contribution in [0, 0.1) is 5.82 Å². The number of hydrogen-bond acceptors (Lipinski definition) is 3. The molecule has 0 radical (unpaired) electrons. The van der Waals surface area contributed by atoms with E-state index in [1.165, 1.54) is 12.1 Å². The van der Waals surface area contributed by atoms with Crippen molar-refractivity contribution >= 4 is 11.9 Å². The maximum Gasteiger partial charge on any atom is 0.255 e. The van der Waals surface area contributed by atoms with Gasteiger partial charge in [0, 0.05) is 13.1 Å². The van der Waals surface area contributed by atoms with Crippen LogP contribution in [-0.4, -0.2) is 31.6 Å². The molecule has 0 saturated heterocycles. The van der Waals surface area contributed by atoms with Crippen LogP contribution in [0.4, 0.5) is 4.39 Å². The van der Waals surface area contributed by atoms with Crippen LogP contribution in [-0.2, 0) is 17.8 Å². The van der Waals surface area contributed by atoms with Gasteiger partial charge in [0.2, 0.25) is 0 Å². The van der Waals surface area contributed by atoms with Gasteiger partial charge in [0.05, 0.1) is 6.54 Å². The van der Waals surface area contributed by atoms with Gasteiger partial charge in [-0.3, -0.25) is 4.79 Å². The van der Waals surface area contributed by atoms with Crippen molar-refractivity contribution in [2.45, 2.75) is 19.9 Å². The largest absolute Gasteiger partial charge is 0.484 e. The third-order valence-electron chi connectivity index (χ3n) is 3.64. The molecule has 0 saturated carbocycles. The van der Waals surface area contributed by atoms with Crippen LogP contribution < -0.4 is 21.1 Å². The van der Waals surface area contributed by atoms with E-state index < -0.39 is 5.91 Å². The van der Waals surface area contributed by atoms with Gasteiger partial charge >= 0.3 is 0 Å². The van der Waals surface area contributed by atoms with Crippen LogP contribution in [0.1, 0.15) is 18.1 Å². The Labute approximate surface area is 158 Å². The molecule has 0 aliphatic rings. The van der Waals surface area contributed by atoms with Crippen LogP contribution in [0.25, 0.3) is 0 Å². The monoisotopic (exact) mass is 372 g/mol. The van der Waals surface area contributed by atoms with Crippen LogP contribution in [0.15, 0.2) is 53.5 Å². The van der Waals surface area contributed by atoms with E-state index in [1.807, 2.05) is 31.2 Å². The van der Waals surface area contributed by atoms with Crippen molar-refractivity contribution < 1.29 is 13.9 Å². The number of carbonyl (C=O) groups is 1. The lowest BCUT2D eigenvalue weighted by Gasteiger charge is -2.12. The zero-order valence-electron chi connectivity index (χ0n) is 15.4. The summed E-state index contributed by atoms with van der Waals surface area (Å²) in [5, 5.41) is 6.42. The Balaban J connectivity index is 1.90. The van der Waals surface area contributed by atoms with Gasteiger partial charge in [-0.25, -0.2) is 9.38 Å². The van der Waals surface area contributed by atoms with Gasteiger partial charge < -0.3 is 21.1 Å². The molecule has 27 heavy (non-hydrogen) atoms. The molecule has 0 aromatic heterocycles. The fraction of sp³-hybridized carbons (Fsp3) is 0.300. The highest BCUT2D eigenvalue weighted by atomic mass is 19.1. The van der Waals surface area contributed by atoms with Crippen molar-refractivity contribution in [2.24, 2.45) is 10.7 Å². The number of hydrogen-bond donors (Lipinski definition) is 3. The van der Waals surface area contributed by atoms with Gasteiger partial charge in [0.25, 0.3) is 5.91 Å². The highest BCUT2D eigenvalue weighted by Crippen LogP contribution is 2.14. The Morgan fingerprint density at radius 1 is 1.15 bits per heavy atom. The maximum atomic E-state index is 13.2. The van der Waals surface area contributed by atoms with Crippen molar-refractivity contribution in [1.82, 2.24) is 10.6 Å². The zero-order valence-corrected chi connectivity index (χ0v) is 15.4. The van der Waals surface area contributed by atoms with Crippen LogP contribution in [0.3, 0.4) is 0 Å². The van der Waals surface area contributed by atoms with E-state index in [4.69, 9.17) is 10.5 Å². The number of guanidine groups is 1. The molecule has 6 nitrogen and oxygen atoms in total. The highest BCUT2D eigenvalue weighted by molar-refractivity contribution is 5.79. The molecule has 0 atom stereocenters. The van der Waals surface area contributed by atoms with Crippen molar-refractivity contribution in [1.29, 1.82) is 0 Å². The molecular weight excluding hydrogens is 347 g/mol. The van der Waals surface area contributed by atoms with Crippen molar-refractivity contribution in [3.05, 3.63) is 65.5 Å². The molecule has 7 heteroatoms. The summed E-state index contributed by atoms with van der Waals surface area (Å²) < 4.78 is 18.5. The number of rotatable bonds is 9. The highest BCUT2D eigenvalue weighted by Gasteiger charge is 2.02. The summed E-state index contributed by atoms with van der Waals surface area (Å²) in [6.45, 7) is 3.65. The van der Waals surface area contributed by atoms with Gasteiger partial charge in [-0.15, -0.1) is 0 Å². The number of nitrogens with zero attached hydrogens (tertiary/aromatic N) is 1. The van der Waals surface area contributed by atoms with E-state index in [9.17, 15) is 9.18 Å². The Morgan fingerprint density at radius 2 is 1.93 bits per heavy atom. The first-order valence-electron chi connectivity index (χ1n) is 8.83. The quantitative estimate of drug-likeness (QED) is 0.464. The molecule has 0 heterocycles. The molecule has 0 aliphatic heterocycles. The minimum absolute atomic E-state index is 0.156. The summed E-state index contributed by atoms with van der Waals surface area (Å²) in [5.74, 6) is 0.504. The number of ether oxygens (including phenoxy) is 1. The molecule has 2 aromatic rings. The average Bonchev–Trinajstić information content (AvgIpc) is 2.65. The van der Waals surface area contributed by atoms with Gasteiger partial charge in [-0.2, -0.15) is 0 Å². The van der Waals surface area contributed by atoms with Crippen molar-refractivity contribution in [3.63, 3.8) is 0 Å². The first-order valence-corrected chi connectivity index (χ1v) is 8.83. The second kappa shape index (κ2) is 10.8. The van der Waals surface area contributed by atoms with Crippen molar-refractivity contribution in [3.8, 4) is 5.75 Å². The number of primary amides is 1. The molecule has 2 rings (SSSR count). The molecule has 4 N–H and O–H groups in total. The van der Waals surface area contributed by atoms with Crippen LogP contribution >= 0.6 is 0 Å².